The van der Waals surface area contributed by atoms with Crippen molar-refractivity contribution in [1.29, 1.82) is 0 Å². The second-order valence-corrected chi connectivity index (χ2v) is 12.2. The number of hydrogen-bond donors (Lipinski definition) is 0. The van der Waals surface area contributed by atoms with Gasteiger partial charge in [-0.15, -0.1) is 0 Å². The Bertz CT molecular complexity index is 2440. The van der Waals surface area contributed by atoms with E-state index in [1.165, 1.54) is 32.7 Å². The lowest BCUT2D eigenvalue weighted by Gasteiger charge is -2.28. The first-order chi connectivity index (χ1) is 23.8. The van der Waals surface area contributed by atoms with Crippen LogP contribution in [0.1, 0.15) is 0 Å². The van der Waals surface area contributed by atoms with E-state index in [1.807, 2.05) is 18.2 Å². The molecule has 0 fully saturated rings. The fourth-order valence-corrected chi connectivity index (χ4v) is 6.92. The highest BCUT2D eigenvalue weighted by Gasteiger charge is 2.18. The topological polar surface area (TPSA) is 16.4 Å². The molecule has 0 saturated heterocycles. The van der Waals surface area contributed by atoms with E-state index in [1.54, 1.807) is 0 Å². The number of para-hydroxylation sites is 1. The van der Waals surface area contributed by atoms with Crippen LogP contribution in [0.3, 0.4) is 0 Å². The molecule has 0 aliphatic carbocycles. The zero-order chi connectivity index (χ0) is 31.9. The molecule has 2 heteroatoms. The predicted molar refractivity (Wildman–Crippen MR) is 202 cm³/mol. The van der Waals surface area contributed by atoms with Crippen LogP contribution in [0.2, 0.25) is 0 Å². The Balaban J connectivity index is 1.09. The smallest absolute Gasteiger partial charge is 0.136 e. The largest absolute Gasteiger partial charge is 0.456 e. The summed E-state index contributed by atoms with van der Waals surface area (Å²) in [6.07, 6.45) is 0. The van der Waals surface area contributed by atoms with Crippen LogP contribution in [0, 0.1) is 0 Å². The van der Waals surface area contributed by atoms with Crippen LogP contribution >= 0.6 is 0 Å². The summed E-state index contributed by atoms with van der Waals surface area (Å²) in [6, 6.07) is 66.9. The van der Waals surface area contributed by atoms with Crippen molar-refractivity contribution >= 4 is 49.6 Å². The van der Waals surface area contributed by atoms with E-state index in [0.29, 0.717) is 0 Å². The van der Waals surface area contributed by atoms with Crippen LogP contribution in [0.4, 0.5) is 17.1 Å². The third kappa shape index (κ3) is 4.92. The van der Waals surface area contributed by atoms with Crippen LogP contribution < -0.4 is 4.90 Å². The molecule has 1 aromatic heterocycles. The highest BCUT2D eigenvalue weighted by atomic mass is 16.3. The van der Waals surface area contributed by atoms with Crippen molar-refractivity contribution < 1.29 is 4.42 Å². The van der Waals surface area contributed by atoms with Crippen molar-refractivity contribution in [2.24, 2.45) is 0 Å². The Morgan fingerprint density at radius 1 is 0.354 bits per heavy atom. The molecular formula is C46H31NO. The molecule has 0 N–H and O–H groups in total. The van der Waals surface area contributed by atoms with Crippen molar-refractivity contribution in [3.8, 4) is 33.6 Å². The van der Waals surface area contributed by atoms with Gasteiger partial charge in [0.15, 0.2) is 0 Å². The molecule has 2 nitrogen and oxygen atoms in total. The Labute approximate surface area is 279 Å². The molecular weight excluding hydrogens is 583 g/mol. The van der Waals surface area contributed by atoms with Gasteiger partial charge in [-0.05, 0) is 69.4 Å². The standard InChI is InChI=1S/C46H31NO/c1-4-17-40-34(11-1)14-9-20-43(40)47(44-21-10-15-35-12-2-5-18-41(35)44)38-29-27-33(28-30-38)32-23-25-36(26-24-32)39-16-6-7-19-42(39)46-31-37-13-3-8-22-45(37)48-46/h1-31H. The lowest BCUT2D eigenvalue weighted by Crippen LogP contribution is -2.11. The first-order valence-electron chi connectivity index (χ1n) is 16.3. The van der Waals surface area contributed by atoms with Gasteiger partial charge in [0, 0.05) is 27.4 Å². The van der Waals surface area contributed by atoms with E-state index in [4.69, 9.17) is 4.42 Å². The van der Waals surface area contributed by atoms with Crippen molar-refractivity contribution in [2.75, 3.05) is 4.90 Å². The van der Waals surface area contributed by atoms with Gasteiger partial charge in [0.05, 0.1) is 11.4 Å². The van der Waals surface area contributed by atoms with E-state index in [-0.39, 0.29) is 0 Å². The zero-order valence-corrected chi connectivity index (χ0v) is 26.3. The summed E-state index contributed by atoms with van der Waals surface area (Å²) < 4.78 is 6.25. The van der Waals surface area contributed by atoms with E-state index < -0.39 is 0 Å². The number of hydrogen-bond acceptors (Lipinski definition) is 2. The fraction of sp³-hybridized carbons (Fsp3) is 0. The Hall–Kier alpha value is -6.38. The maximum Gasteiger partial charge on any atom is 0.136 e. The summed E-state index contributed by atoms with van der Waals surface area (Å²) in [7, 11) is 0. The second kappa shape index (κ2) is 11.8. The molecule has 226 valence electrons. The monoisotopic (exact) mass is 613 g/mol. The molecule has 0 unspecified atom stereocenters. The number of anilines is 3. The number of nitrogens with zero attached hydrogens (tertiary/aromatic N) is 1. The minimum Gasteiger partial charge on any atom is -0.456 e. The van der Waals surface area contributed by atoms with Gasteiger partial charge in [-0.25, -0.2) is 0 Å². The molecule has 0 aliphatic rings. The SMILES string of the molecule is c1ccc(-c2cc3ccccc3o2)c(-c2ccc(-c3ccc(N(c4cccc5ccccc45)c4cccc5ccccc45)cc3)cc2)c1. The van der Waals surface area contributed by atoms with Gasteiger partial charge in [0.2, 0.25) is 0 Å². The average Bonchev–Trinajstić information content (AvgIpc) is 3.60. The molecule has 9 aromatic rings. The van der Waals surface area contributed by atoms with E-state index in [2.05, 4.69) is 175 Å². The number of benzene rings is 8. The van der Waals surface area contributed by atoms with Crippen LogP contribution in [-0.2, 0) is 0 Å². The molecule has 0 aliphatic heterocycles. The van der Waals surface area contributed by atoms with Crippen LogP contribution in [0.5, 0.6) is 0 Å². The predicted octanol–water partition coefficient (Wildman–Crippen LogP) is 13.2. The van der Waals surface area contributed by atoms with Crippen LogP contribution in [0.25, 0.3) is 66.1 Å². The zero-order valence-electron chi connectivity index (χ0n) is 26.3. The highest BCUT2D eigenvalue weighted by molar-refractivity contribution is 6.04. The molecule has 1 heterocycles. The molecule has 8 aromatic carbocycles. The van der Waals surface area contributed by atoms with Crippen molar-refractivity contribution in [2.45, 2.75) is 0 Å². The molecule has 0 bridgehead atoms. The summed E-state index contributed by atoms with van der Waals surface area (Å²) in [6.45, 7) is 0. The third-order valence-electron chi connectivity index (χ3n) is 9.29. The molecule has 0 saturated carbocycles. The van der Waals surface area contributed by atoms with Gasteiger partial charge < -0.3 is 9.32 Å². The first kappa shape index (κ1) is 27.9. The lowest BCUT2D eigenvalue weighted by atomic mass is 9.95. The molecule has 48 heavy (non-hydrogen) atoms. The number of furan rings is 1. The second-order valence-electron chi connectivity index (χ2n) is 12.2. The fourth-order valence-electron chi connectivity index (χ4n) is 6.92. The maximum absolute atomic E-state index is 6.25. The summed E-state index contributed by atoms with van der Waals surface area (Å²) in [5.41, 5.74) is 10.1. The van der Waals surface area contributed by atoms with Gasteiger partial charge >= 0.3 is 0 Å². The summed E-state index contributed by atoms with van der Waals surface area (Å²) in [5.74, 6) is 0.883. The van der Waals surface area contributed by atoms with Crippen LogP contribution in [-0.4, -0.2) is 0 Å². The van der Waals surface area contributed by atoms with Gasteiger partial charge in [-0.3, -0.25) is 0 Å². The summed E-state index contributed by atoms with van der Waals surface area (Å²) >= 11 is 0. The van der Waals surface area contributed by atoms with Crippen LogP contribution in [0.15, 0.2) is 192 Å². The minimum atomic E-state index is 0.883. The normalized spacial score (nSPS) is 11.3. The summed E-state index contributed by atoms with van der Waals surface area (Å²) in [4.78, 5) is 2.40. The molecule has 0 atom stereocenters. The quantitative estimate of drug-likeness (QED) is 0.185. The van der Waals surface area contributed by atoms with Gasteiger partial charge in [0.25, 0.3) is 0 Å². The highest BCUT2D eigenvalue weighted by Crippen LogP contribution is 2.42. The third-order valence-corrected chi connectivity index (χ3v) is 9.29. The molecule has 0 radical (unpaired) electrons. The Morgan fingerprint density at radius 3 is 1.46 bits per heavy atom. The Kier molecular flexibility index (Phi) is 6.84. The number of fused-ring (bicyclic) bond motifs is 3. The van der Waals surface area contributed by atoms with E-state index >= 15 is 0 Å². The van der Waals surface area contributed by atoms with E-state index in [0.717, 1.165) is 50.5 Å². The van der Waals surface area contributed by atoms with Gasteiger partial charge in [-0.2, -0.15) is 0 Å². The Morgan fingerprint density at radius 2 is 0.833 bits per heavy atom. The van der Waals surface area contributed by atoms with Crippen molar-refractivity contribution in [3.05, 3.63) is 188 Å². The molecule has 0 spiro atoms. The summed E-state index contributed by atoms with van der Waals surface area (Å²) in [5, 5.41) is 5.99. The van der Waals surface area contributed by atoms with Crippen molar-refractivity contribution in [1.82, 2.24) is 0 Å². The minimum absolute atomic E-state index is 0.883. The molecule has 0 amide bonds. The number of rotatable bonds is 6. The lowest BCUT2D eigenvalue weighted by molar-refractivity contribution is 0.632. The maximum atomic E-state index is 6.25. The first-order valence-corrected chi connectivity index (χ1v) is 16.3. The average molecular weight is 614 g/mol. The van der Waals surface area contributed by atoms with Gasteiger partial charge in [-0.1, -0.05) is 152 Å². The van der Waals surface area contributed by atoms with Crippen molar-refractivity contribution in [3.63, 3.8) is 0 Å². The molecule has 9 rings (SSSR count). The van der Waals surface area contributed by atoms with Gasteiger partial charge in [0.1, 0.15) is 11.3 Å². The van der Waals surface area contributed by atoms with E-state index in [9.17, 15) is 0 Å².